The number of pyridine rings is 1. The van der Waals surface area contributed by atoms with E-state index in [1.807, 2.05) is 12.3 Å². The van der Waals surface area contributed by atoms with Crippen LogP contribution in [0.4, 0.5) is 0 Å². The van der Waals surface area contributed by atoms with Crippen LogP contribution in [0.1, 0.15) is 37.9 Å². The molecular formula is C16H25N3. The summed E-state index contributed by atoms with van der Waals surface area (Å²) in [7, 11) is 0. The van der Waals surface area contributed by atoms with Gasteiger partial charge in [0.15, 0.2) is 0 Å². The van der Waals surface area contributed by atoms with E-state index in [1.54, 1.807) is 0 Å². The second-order valence-corrected chi connectivity index (χ2v) is 5.64. The van der Waals surface area contributed by atoms with E-state index in [1.165, 1.54) is 18.4 Å². The van der Waals surface area contributed by atoms with Crippen LogP contribution in [0.15, 0.2) is 31.0 Å². The maximum Gasteiger partial charge on any atom is 0.0544 e. The maximum atomic E-state index is 4.57. The van der Waals surface area contributed by atoms with Crippen LogP contribution < -0.4 is 5.32 Å². The Morgan fingerprint density at radius 2 is 2.26 bits per heavy atom. The Bertz CT molecular complexity index is 393. The largest absolute Gasteiger partial charge is 0.310 e. The summed E-state index contributed by atoms with van der Waals surface area (Å²) in [4.78, 5) is 7.03. The number of nitrogens with one attached hydrogen (secondary N) is 1. The molecule has 0 spiro atoms. The predicted molar refractivity (Wildman–Crippen MR) is 79.8 cm³/mol. The average Bonchev–Trinajstić information content (AvgIpc) is 3.21. The highest BCUT2D eigenvalue weighted by Crippen LogP contribution is 2.27. The minimum atomic E-state index is 0.512. The molecule has 1 aromatic heterocycles. The summed E-state index contributed by atoms with van der Waals surface area (Å²) < 4.78 is 0. The first-order chi connectivity index (χ1) is 9.19. The Morgan fingerprint density at radius 3 is 2.79 bits per heavy atom. The third-order valence-corrected chi connectivity index (χ3v) is 3.39. The number of nitrogens with zero attached hydrogens (tertiary/aromatic N) is 2. The zero-order valence-electron chi connectivity index (χ0n) is 12.1. The van der Waals surface area contributed by atoms with E-state index in [-0.39, 0.29) is 0 Å². The zero-order valence-corrected chi connectivity index (χ0v) is 12.1. The fraction of sp³-hybridized carbons (Fsp3) is 0.562. The molecule has 1 aliphatic carbocycles. The van der Waals surface area contributed by atoms with Gasteiger partial charge in [0.25, 0.3) is 0 Å². The van der Waals surface area contributed by atoms with Crippen LogP contribution >= 0.6 is 0 Å². The van der Waals surface area contributed by atoms with Gasteiger partial charge in [0.1, 0.15) is 0 Å². The normalized spacial score (nSPS) is 15.2. The number of hydrogen-bond donors (Lipinski definition) is 1. The monoisotopic (exact) mass is 259 g/mol. The summed E-state index contributed by atoms with van der Waals surface area (Å²) in [6, 6.07) is 5.59. The Hall–Kier alpha value is -1.19. The molecule has 0 atom stereocenters. The molecule has 3 heteroatoms. The highest BCUT2D eigenvalue weighted by molar-refractivity contribution is 5.14. The summed E-state index contributed by atoms with van der Waals surface area (Å²) >= 11 is 0. The molecule has 0 amide bonds. The molecule has 3 nitrogen and oxygen atoms in total. The van der Waals surface area contributed by atoms with Crippen LogP contribution in [0.5, 0.6) is 0 Å². The third-order valence-electron chi connectivity index (χ3n) is 3.39. The van der Waals surface area contributed by atoms with Crippen LogP contribution in [0, 0.1) is 0 Å². The molecule has 104 valence electrons. The van der Waals surface area contributed by atoms with E-state index in [4.69, 9.17) is 0 Å². The van der Waals surface area contributed by atoms with E-state index in [9.17, 15) is 0 Å². The second-order valence-electron chi connectivity index (χ2n) is 5.64. The lowest BCUT2D eigenvalue weighted by Gasteiger charge is -2.19. The summed E-state index contributed by atoms with van der Waals surface area (Å²) in [6.07, 6.45) is 6.62. The van der Waals surface area contributed by atoms with Crippen molar-refractivity contribution in [2.45, 2.75) is 51.9 Å². The molecule has 0 aromatic carbocycles. The quantitative estimate of drug-likeness (QED) is 0.728. The molecule has 1 N–H and O–H groups in total. The number of aromatic nitrogens is 1. The van der Waals surface area contributed by atoms with Gasteiger partial charge in [-0.15, -0.1) is 6.58 Å². The van der Waals surface area contributed by atoms with Crippen molar-refractivity contribution in [3.05, 3.63) is 42.2 Å². The highest BCUT2D eigenvalue weighted by Gasteiger charge is 2.28. The molecule has 0 saturated heterocycles. The molecule has 0 unspecified atom stereocenters. The van der Waals surface area contributed by atoms with Crippen molar-refractivity contribution in [1.82, 2.24) is 15.2 Å². The van der Waals surface area contributed by atoms with E-state index >= 15 is 0 Å². The Balaban J connectivity index is 1.88. The third kappa shape index (κ3) is 4.77. The standard InChI is InChI=1S/C16H25N3/c1-4-9-19(16-7-8-16)12-15-6-5-14(11-18-15)10-17-13(2)3/h4-6,11,13,16-17H,1,7-10,12H2,2-3H3. The van der Waals surface area contributed by atoms with E-state index < -0.39 is 0 Å². The van der Waals surface area contributed by atoms with Gasteiger partial charge in [-0.05, 0) is 24.5 Å². The van der Waals surface area contributed by atoms with E-state index in [0.29, 0.717) is 6.04 Å². The van der Waals surface area contributed by atoms with Gasteiger partial charge in [0, 0.05) is 37.9 Å². The van der Waals surface area contributed by atoms with Crippen LogP contribution in [-0.4, -0.2) is 28.5 Å². The first kappa shape index (κ1) is 14.2. The van der Waals surface area contributed by atoms with Gasteiger partial charge < -0.3 is 5.32 Å². The predicted octanol–water partition coefficient (Wildman–Crippen LogP) is 2.73. The van der Waals surface area contributed by atoms with Crippen molar-refractivity contribution in [2.24, 2.45) is 0 Å². The topological polar surface area (TPSA) is 28.2 Å². The maximum absolute atomic E-state index is 4.57. The van der Waals surface area contributed by atoms with Crippen molar-refractivity contribution in [3.63, 3.8) is 0 Å². The summed E-state index contributed by atoms with van der Waals surface area (Å²) in [5, 5.41) is 3.41. The molecule has 1 saturated carbocycles. The fourth-order valence-corrected chi connectivity index (χ4v) is 2.13. The molecular weight excluding hydrogens is 234 g/mol. The summed E-state index contributed by atoms with van der Waals surface area (Å²) in [5.74, 6) is 0. The Labute approximate surface area is 116 Å². The Kier molecular flexibility index (Phi) is 5.11. The van der Waals surface area contributed by atoms with Crippen molar-refractivity contribution < 1.29 is 0 Å². The molecule has 1 heterocycles. The molecule has 0 aliphatic heterocycles. The van der Waals surface area contributed by atoms with Gasteiger partial charge in [-0.3, -0.25) is 9.88 Å². The lowest BCUT2D eigenvalue weighted by Crippen LogP contribution is -2.26. The van der Waals surface area contributed by atoms with Crippen molar-refractivity contribution in [2.75, 3.05) is 6.54 Å². The lowest BCUT2D eigenvalue weighted by molar-refractivity contribution is 0.280. The fourth-order valence-electron chi connectivity index (χ4n) is 2.13. The van der Waals surface area contributed by atoms with Crippen molar-refractivity contribution >= 4 is 0 Å². The van der Waals surface area contributed by atoms with Crippen LogP contribution in [0.3, 0.4) is 0 Å². The molecule has 19 heavy (non-hydrogen) atoms. The molecule has 1 aliphatic rings. The summed E-state index contributed by atoms with van der Waals surface area (Å²) in [5.41, 5.74) is 2.40. The van der Waals surface area contributed by atoms with Crippen LogP contribution in [0.25, 0.3) is 0 Å². The van der Waals surface area contributed by atoms with Gasteiger partial charge >= 0.3 is 0 Å². The second kappa shape index (κ2) is 6.83. The average molecular weight is 259 g/mol. The number of hydrogen-bond acceptors (Lipinski definition) is 3. The van der Waals surface area contributed by atoms with Crippen LogP contribution in [-0.2, 0) is 13.1 Å². The van der Waals surface area contributed by atoms with Gasteiger partial charge in [-0.1, -0.05) is 26.0 Å². The molecule has 1 fully saturated rings. The van der Waals surface area contributed by atoms with E-state index in [0.717, 1.165) is 31.4 Å². The molecule has 1 aromatic rings. The Morgan fingerprint density at radius 1 is 1.47 bits per heavy atom. The zero-order chi connectivity index (χ0) is 13.7. The summed E-state index contributed by atoms with van der Waals surface area (Å²) in [6.45, 7) is 10.9. The van der Waals surface area contributed by atoms with Gasteiger partial charge in [0.05, 0.1) is 5.69 Å². The SMILES string of the molecule is C=CCN(Cc1ccc(CNC(C)C)cn1)C1CC1. The minimum Gasteiger partial charge on any atom is -0.310 e. The number of rotatable bonds is 8. The minimum absolute atomic E-state index is 0.512. The highest BCUT2D eigenvalue weighted by atomic mass is 15.2. The van der Waals surface area contributed by atoms with Gasteiger partial charge in [0.2, 0.25) is 0 Å². The van der Waals surface area contributed by atoms with Crippen LogP contribution in [0.2, 0.25) is 0 Å². The first-order valence-electron chi connectivity index (χ1n) is 7.21. The van der Waals surface area contributed by atoms with Gasteiger partial charge in [-0.2, -0.15) is 0 Å². The van der Waals surface area contributed by atoms with Crippen molar-refractivity contribution in [3.8, 4) is 0 Å². The molecule has 0 radical (unpaired) electrons. The van der Waals surface area contributed by atoms with E-state index in [2.05, 4.69) is 47.8 Å². The molecule has 0 bridgehead atoms. The first-order valence-corrected chi connectivity index (χ1v) is 7.21. The molecule has 2 rings (SSSR count). The smallest absolute Gasteiger partial charge is 0.0544 e. The van der Waals surface area contributed by atoms with Gasteiger partial charge in [-0.25, -0.2) is 0 Å². The van der Waals surface area contributed by atoms with Crippen molar-refractivity contribution in [1.29, 1.82) is 0 Å². The lowest BCUT2D eigenvalue weighted by atomic mass is 10.2.